The molecule has 0 unspecified atom stereocenters. The molecule has 0 heterocycles. The van der Waals surface area contributed by atoms with Gasteiger partial charge in [0.15, 0.2) is 5.60 Å². The van der Waals surface area contributed by atoms with E-state index in [2.05, 4.69) is 27.7 Å². The van der Waals surface area contributed by atoms with Crippen LogP contribution < -0.4 is 0 Å². The summed E-state index contributed by atoms with van der Waals surface area (Å²) in [6.07, 6.45) is 6.15. The van der Waals surface area contributed by atoms with Crippen LogP contribution in [0, 0.1) is 35.5 Å². The molecule has 3 aliphatic carbocycles. The molecule has 0 spiro atoms. The lowest BCUT2D eigenvalue weighted by atomic mass is 9.49. The van der Waals surface area contributed by atoms with E-state index < -0.39 is 17.2 Å². The van der Waals surface area contributed by atoms with Gasteiger partial charge in [-0.15, -0.1) is 0 Å². The second kappa shape index (κ2) is 6.38. The van der Waals surface area contributed by atoms with Crippen LogP contribution in [0.2, 0.25) is 0 Å². The zero-order valence-corrected chi connectivity index (χ0v) is 16.3. The molecule has 3 aliphatic rings. The van der Waals surface area contributed by atoms with Gasteiger partial charge in [0, 0.05) is 0 Å². The normalized spacial score (nSPS) is 46.9. The van der Waals surface area contributed by atoms with Crippen molar-refractivity contribution in [1.82, 2.24) is 0 Å². The predicted octanol–water partition coefficient (Wildman–Crippen LogP) is 3.32. The van der Waals surface area contributed by atoms with Gasteiger partial charge in [-0.1, -0.05) is 27.7 Å². The van der Waals surface area contributed by atoms with E-state index in [1.165, 1.54) is 7.11 Å². The molecular weight excluding hydrogens is 316 g/mol. The Balaban J connectivity index is 2.21. The number of carbonyl (C=O) groups is 1. The lowest BCUT2D eigenvalue weighted by Gasteiger charge is -2.58. The highest BCUT2D eigenvalue weighted by Gasteiger charge is 2.60. The zero-order valence-electron chi connectivity index (χ0n) is 16.3. The minimum atomic E-state index is -1.61. The topological polar surface area (TPSA) is 66.8 Å². The van der Waals surface area contributed by atoms with Crippen molar-refractivity contribution in [2.75, 3.05) is 7.11 Å². The number of carbonyl (C=O) groups excluding carboxylic acids is 1. The summed E-state index contributed by atoms with van der Waals surface area (Å²) in [5, 5.41) is 23.1. The Hall–Kier alpha value is -0.870. The molecular formula is C21H34O4. The molecule has 4 nitrogen and oxygen atoms in total. The lowest BCUT2D eigenvalue weighted by molar-refractivity contribution is -0.174. The van der Waals surface area contributed by atoms with Crippen LogP contribution in [0.1, 0.15) is 59.8 Å². The van der Waals surface area contributed by atoms with Gasteiger partial charge in [-0.05, 0) is 79.3 Å². The van der Waals surface area contributed by atoms with E-state index in [4.69, 9.17) is 4.74 Å². The summed E-state index contributed by atoms with van der Waals surface area (Å²) in [4.78, 5) is 12.4. The van der Waals surface area contributed by atoms with Gasteiger partial charge in [0.25, 0.3) is 0 Å². The minimum absolute atomic E-state index is 0.0862. The molecule has 0 aromatic heterocycles. The van der Waals surface area contributed by atoms with Crippen molar-refractivity contribution in [2.45, 2.75) is 71.0 Å². The van der Waals surface area contributed by atoms with Gasteiger partial charge >= 0.3 is 5.97 Å². The summed E-state index contributed by atoms with van der Waals surface area (Å²) in [5.74, 6) is 0.841. The van der Waals surface area contributed by atoms with Gasteiger partial charge in [-0.25, -0.2) is 4.79 Å². The van der Waals surface area contributed by atoms with Gasteiger partial charge in [0.05, 0.1) is 12.7 Å². The van der Waals surface area contributed by atoms with Gasteiger partial charge in [-0.2, -0.15) is 0 Å². The van der Waals surface area contributed by atoms with Crippen molar-refractivity contribution >= 4 is 5.97 Å². The molecule has 4 bridgehead atoms. The smallest absolute Gasteiger partial charge is 0.341 e. The molecule has 0 radical (unpaired) electrons. The number of aliphatic hydroxyl groups is 2. The summed E-state index contributed by atoms with van der Waals surface area (Å²) in [6.45, 7) is 8.75. The number of methoxy groups -OCH3 is 1. The minimum Gasteiger partial charge on any atom is -0.467 e. The molecule has 4 heteroatoms. The second-order valence-electron chi connectivity index (χ2n) is 9.20. The maximum Gasteiger partial charge on any atom is 0.341 e. The van der Waals surface area contributed by atoms with E-state index in [0.29, 0.717) is 17.8 Å². The van der Waals surface area contributed by atoms with E-state index >= 15 is 0 Å². The molecule has 0 aliphatic heterocycles. The Bertz CT molecular complexity index is 568. The van der Waals surface area contributed by atoms with Crippen molar-refractivity contribution in [2.24, 2.45) is 35.5 Å². The number of rotatable bonds is 2. The highest BCUT2D eigenvalue weighted by molar-refractivity contribution is 5.82. The van der Waals surface area contributed by atoms with E-state index in [1.807, 2.05) is 0 Å². The van der Waals surface area contributed by atoms with Gasteiger partial charge < -0.3 is 14.9 Å². The van der Waals surface area contributed by atoms with Crippen LogP contribution in [-0.2, 0) is 9.53 Å². The van der Waals surface area contributed by atoms with Crippen LogP contribution in [0.5, 0.6) is 0 Å². The first kappa shape index (κ1) is 18.9. The molecule has 142 valence electrons. The molecule has 7 atom stereocenters. The monoisotopic (exact) mass is 350 g/mol. The van der Waals surface area contributed by atoms with Crippen LogP contribution in [0.3, 0.4) is 0 Å². The van der Waals surface area contributed by atoms with Crippen LogP contribution in [0.15, 0.2) is 11.6 Å². The van der Waals surface area contributed by atoms with E-state index in [1.54, 1.807) is 6.08 Å². The molecule has 0 aromatic rings. The quantitative estimate of drug-likeness (QED) is 0.592. The van der Waals surface area contributed by atoms with Crippen LogP contribution in [0.4, 0.5) is 0 Å². The summed E-state index contributed by atoms with van der Waals surface area (Å²) >= 11 is 0. The first-order chi connectivity index (χ1) is 11.6. The highest BCUT2D eigenvalue weighted by atomic mass is 16.5. The Labute approximate surface area is 151 Å². The SMILES string of the molecule is COC(=O)[C@@]1(O)C=C2[C@@H](C(C)C)CC[C@@H](C)[C@@H]3CC[C@@H](C)[C@@]2(O)[C@@H]3C1. The molecule has 0 aromatic carbocycles. The number of hydrogen-bond donors (Lipinski definition) is 2. The maximum atomic E-state index is 12.4. The van der Waals surface area contributed by atoms with E-state index in [-0.39, 0.29) is 24.2 Å². The van der Waals surface area contributed by atoms with Crippen molar-refractivity contribution in [3.8, 4) is 0 Å². The molecule has 25 heavy (non-hydrogen) atoms. The van der Waals surface area contributed by atoms with Gasteiger partial charge in [-0.3, -0.25) is 0 Å². The predicted molar refractivity (Wildman–Crippen MR) is 96.7 cm³/mol. The molecule has 2 saturated carbocycles. The first-order valence-electron chi connectivity index (χ1n) is 9.91. The summed E-state index contributed by atoms with van der Waals surface area (Å²) in [5.41, 5.74) is -1.62. The summed E-state index contributed by atoms with van der Waals surface area (Å²) in [6, 6.07) is 0. The average molecular weight is 350 g/mol. The number of ether oxygens (including phenoxy) is 1. The van der Waals surface area contributed by atoms with Crippen molar-refractivity contribution in [1.29, 1.82) is 0 Å². The highest BCUT2D eigenvalue weighted by Crippen LogP contribution is 2.58. The lowest BCUT2D eigenvalue weighted by Crippen LogP contribution is -2.62. The number of esters is 1. The van der Waals surface area contributed by atoms with Crippen LogP contribution in [-0.4, -0.2) is 34.5 Å². The Kier molecular flexibility index (Phi) is 4.83. The fraction of sp³-hybridized carbons (Fsp3) is 0.857. The standard InChI is InChI=1S/C21H34O4/c1-12(2)15-8-6-13(3)16-9-7-14(4)21(24)17(15)10-20(23,11-18(16)21)19(22)25-5/h10,12-16,18,23-24H,6-9,11H2,1-5H3/t13-,14-,15-,16+,18-,20-,21+/m1/s1. The third kappa shape index (κ3) is 2.76. The summed E-state index contributed by atoms with van der Waals surface area (Å²) in [7, 11) is 1.32. The zero-order chi connectivity index (χ0) is 18.6. The molecule has 2 fully saturated rings. The number of hydrogen-bond acceptors (Lipinski definition) is 4. The fourth-order valence-electron chi connectivity index (χ4n) is 6.04. The third-order valence-electron chi connectivity index (χ3n) is 7.56. The maximum absolute atomic E-state index is 12.4. The van der Waals surface area contributed by atoms with Crippen molar-refractivity contribution in [3.05, 3.63) is 11.6 Å². The third-order valence-corrected chi connectivity index (χ3v) is 7.56. The van der Waals surface area contributed by atoms with Gasteiger partial charge in [0.1, 0.15) is 0 Å². The Morgan fingerprint density at radius 2 is 1.88 bits per heavy atom. The first-order valence-corrected chi connectivity index (χ1v) is 9.91. The summed E-state index contributed by atoms with van der Waals surface area (Å²) < 4.78 is 4.92. The molecule has 3 rings (SSSR count). The molecule has 0 saturated heterocycles. The Morgan fingerprint density at radius 1 is 1.20 bits per heavy atom. The van der Waals surface area contributed by atoms with Gasteiger partial charge in [0.2, 0.25) is 0 Å². The molecule has 2 N–H and O–H groups in total. The van der Waals surface area contributed by atoms with Crippen molar-refractivity contribution < 1.29 is 19.7 Å². The van der Waals surface area contributed by atoms with E-state index in [0.717, 1.165) is 31.3 Å². The molecule has 0 amide bonds. The van der Waals surface area contributed by atoms with E-state index in [9.17, 15) is 15.0 Å². The fourth-order valence-corrected chi connectivity index (χ4v) is 6.04. The van der Waals surface area contributed by atoms with Crippen LogP contribution in [0.25, 0.3) is 0 Å². The largest absolute Gasteiger partial charge is 0.467 e. The van der Waals surface area contributed by atoms with Crippen molar-refractivity contribution in [3.63, 3.8) is 0 Å². The van der Waals surface area contributed by atoms with Crippen LogP contribution >= 0.6 is 0 Å². The second-order valence-corrected chi connectivity index (χ2v) is 9.20. The average Bonchev–Trinajstić information content (AvgIpc) is 2.56. The Morgan fingerprint density at radius 3 is 2.48 bits per heavy atom.